The molecule has 4 heteroatoms. The van der Waals surface area contributed by atoms with Crippen molar-refractivity contribution >= 4 is 0 Å². The highest BCUT2D eigenvalue weighted by atomic mass is 14.6. The smallest absolute Gasteiger partial charge is 0.00138 e. The van der Waals surface area contributed by atoms with E-state index in [1.54, 1.807) is 0 Å². The van der Waals surface area contributed by atoms with Crippen LogP contribution in [0.1, 0.15) is 39.5 Å². The average Bonchev–Trinajstić information content (AvgIpc) is 2.25. The van der Waals surface area contributed by atoms with E-state index in [-0.39, 0.29) is 5.41 Å². The van der Waals surface area contributed by atoms with Gasteiger partial charge in [0.1, 0.15) is 0 Å². The minimum atomic E-state index is 0.139. The van der Waals surface area contributed by atoms with Crippen molar-refractivity contribution in [1.29, 1.82) is 0 Å². The van der Waals surface area contributed by atoms with E-state index in [0.29, 0.717) is 13.1 Å². The third-order valence-corrected chi connectivity index (χ3v) is 2.26. The molecule has 0 aliphatic rings. The van der Waals surface area contributed by atoms with Crippen molar-refractivity contribution in [3.05, 3.63) is 0 Å². The Hall–Kier alpha value is -0.160. The van der Waals surface area contributed by atoms with Crippen LogP contribution in [0.15, 0.2) is 0 Å². The van der Waals surface area contributed by atoms with Crippen molar-refractivity contribution in [3.8, 4) is 0 Å². The largest absolute Gasteiger partial charge is 0.330 e. The van der Waals surface area contributed by atoms with Crippen LogP contribution in [0.3, 0.4) is 0 Å². The summed E-state index contributed by atoms with van der Waals surface area (Å²) >= 11 is 0. The van der Waals surface area contributed by atoms with E-state index in [0.717, 1.165) is 25.9 Å². The van der Waals surface area contributed by atoms with Crippen LogP contribution >= 0.6 is 0 Å². The molecule has 0 atom stereocenters. The molecule has 94 valence electrons. The topological polar surface area (TPSA) is 104 Å². The minimum Gasteiger partial charge on any atom is -0.330 e. The fraction of sp³-hybridized carbons (Fsp3) is 1.00. The van der Waals surface area contributed by atoms with Crippen molar-refractivity contribution in [1.82, 2.24) is 0 Å². The van der Waals surface area contributed by atoms with Crippen LogP contribution in [0.5, 0.6) is 0 Å². The first-order valence-corrected chi connectivity index (χ1v) is 5.84. The first kappa shape index (κ1) is 17.2. The monoisotopic (exact) mass is 218 g/mol. The number of hydrogen-bond donors (Lipinski definition) is 4. The normalized spacial score (nSPS) is 10.8. The highest BCUT2D eigenvalue weighted by molar-refractivity contribution is 4.68. The highest BCUT2D eigenvalue weighted by Crippen LogP contribution is 2.07. The molecule has 0 spiro atoms. The Balaban J connectivity index is 0. The standard InChI is InChI=1S/C6H16N2.C5H14N2/c7-5-3-1-2-4-6-8;1-5(2,3-6)4-7/h1-8H2;3-4,6-7H2,1-2H3. The molecule has 0 rings (SSSR count). The quantitative estimate of drug-likeness (QED) is 0.464. The van der Waals surface area contributed by atoms with Gasteiger partial charge in [-0.25, -0.2) is 0 Å². The van der Waals surface area contributed by atoms with Crippen molar-refractivity contribution in [2.45, 2.75) is 39.5 Å². The molecule has 0 aromatic carbocycles. The fourth-order valence-corrected chi connectivity index (χ4v) is 0.726. The summed E-state index contributed by atoms with van der Waals surface area (Å²) in [6.45, 7) is 7.09. The summed E-state index contributed by atoms with van der Waals surface area (Å²) in [4.78, 5) is 0. The SMILES string of the molecule is CC(C)(CN)CN.NCCCCCCN. The Morgan fingerprint density at radius 1 is 0.667 bits per heavy atom. The Morgan fingerprint density at radius 3 is 1.13 bits per heavy atom. The summed E-state index contributed by atoms with van der Waals surface area (Å²) in [5, 5.41) is 0. The maximum absolute atomic E-state index is 5.34. The Bertz CT molecular complexity index is 103. The summed E-state index contributed by atoms with van der Waals surface area (Å²) < 4.78 is 0. The van der Waals surface area contributed by atoms with Crippen LogP contribution in [0.2, 0.25) is 0 Å². The second-order valence-electron chi connectivity index (χ2n) is 4.56. The van der Waals surface area contributed by atoms with Crippen LogP contribution in [-0.4, -0.2) is 26.2 Å². The highest BCUT2D eigenvalue weighted by Gasteiger charge is 2.10. The first-order chi connectivity index (χ1) is 7.04. The lowest BCUT2D eigenvalue weighted by Gasteiger charge is -2.18. The fourth-order valence-electron chi connectivity index (χ4n) is 0.726. The zero-order chi connectivity index (χ0) is 12.2. The van der Waals surface area contributed by atoms with Gasteiger partial charge in [0.05, 0.1) is 0 Å². The van der Waals surface area contributed by atoms with Gasteiger partial charge >= 0.3 is 0 Å². The number of unbranched alkanes of at least 4 members (excludes halogenated alkanes) is 3. The summed E-state index contributed by atoms with van der Waals surface area (Å²) in [6.07, 6.45) is 4.79. The summed E-state index contributed by atoms with van der Waals surface area (Å²) in [7, 11) is 0. The van der Waals surface area contributed by atoms with E-state index in [1.165, 1.54) is 12.8 Å². The Labute approximate surface area is 94.8 Å². The molecule has 0 fully saturated rings. The van der Waals surface area contributed by atoms with E-state index < -0.39 is 0 Å². The molecule has 0 unspecified atom stereocenters. The molecule has 0 aromatic heterocycles. The maximum atomic E-state index is 5.34. The molecule has 0 bridgehead atoms. The molecule has 0 radical (unpaired) electrons. The van der Waals surface area contributed by atoms with Crippen molar-refractivity contribution in [2.24, 2.45) is 28.3 Å². The molecule has 4 nitrogen and oxygen atoms in total. The number of rotatable bonds is 7. The van der Waals surface area contributed by atoms with Crippen LogP contribution in [0.4, 0.5) is 0 Å². The summed E-state index contributed by atoms with van der Waals surface area (Å²) in [6, 6.07) is 0. The van der Waals surface area contributed by atoms with Crippen LogP contribution in [0.25, 0.3) is 0 Å². The Kier molecular flexibility index (Phi) is 13.7. The average molecular weight is 218 g/mol. The van der Waals surface area contributed by atoms with Gasteiger partial charge in [0.15, 0.2) is 0 Å². The van der Waals surface area contributed by atoms with Gasteiger partial charge in [0.2, 0.25) is 0 Å². The summed E-state index contributed by atoms with van der Waals surface area (Å²) in [5.41, 5.74) is 21.4. The number of nitrogens with two attached hydrogens (primary N) is 4. The molecule has 0 saturated carbocycles. The molecule has 0 aromatic rings. The first-order valence-electron chi connectivity index (χ1n) is 5.84. The van der Waals surface area contributed by atoms with Crippen LogP contribution in [-0.2, 0) is 0 Å². The predicted molar refractivity (Wildman–Crippen MR) is 68.5 cm³/mol. The van der Waals surface area contributed by atoms with E-state index >= 15 is 0 Å². The molecule has 0 saturated heterocycles. The number of hydrogen-bond acceptors (Lipinski definition) is 4. The van der Waals surface area contributed by atoms with E-state index in [1.807, 2.05) is 13.8 Å². The zero-order valence-corrected chi connectivity index (χ0v) is 10.5. The molecule has 0 heterocycles. The van der Waals surface area contributed by atoms with Gasteiger partial charge in [-0.2, -0.15) is 0 Å². The summed E-state index contributed by atoms with van der Waals surface area (Å²) in [5.74, 6) is 0. The van der Waals surface area contributed by atoms with Gasteiger partial charge in [0.25, 0.3) is 0 Å². The third-order valence-electron chi connectivity index (χ3n) is 2.26. The molecular weight excluding hydrogens is 188 g/mol. The van der Waals surface area contributed by atoms with E-state index in [9.17, 15) is 0 Å². The van der Waals surface area contributed by atoms with Gasteiger partial charge in [-0.15, -0.1) is 0 Å². The molecular formula is C11H30N4. The maximum Gasteiger partial charge on any atom is -0.00138 e. The lowest BCUT2D eigenvalue weighted by molar-refractivity contribution is 0.393. The van der Waals surface area contributed by atoms with Gasteiger partial charge in [-0.3, -0.25) is 0 Å². The molecule has 0 aliphatic heterocycles. The van der Waals surface area contributed by atoms with E-state index in [2.05, 4.69) is 0 Å². The van der Waals surface area contributed by atoms with Crippen molar-refractivity contribution in [3.63, 3.8) is 0 Å². The molecule has 15 heavy (non-hydrogen) atoms. The minimum absolute atomic E-state index is 0.139. The van der Waals surface area contributed by atoms with E-state index in [4.69, 9.17) is 22.9 Å². The lowest BCUT2D eigenvalue weighted by atomic mass is 9.95. The Morgan fingerprint density at radius 2 is 1.00 bits per heavy atom. The van der Waals surface area contributed by atoms with Crippen molar-refractivity contribution in [2.75, 3.05) is 26.2 Å². The molecule has 0 amide bonds. The lowest BCUT2D eigenvalue weighted by Crippen LogP contribution is -2.31. The zero-order valence-electron chi connectivity index (χ0n) is 10.5. The van der Waals surface area contributed by atoms with Gasteiger partial charge in [-0.1, -0.05) is 26.7 Å². The van der Waals surface area contributed by atoms with Gasteiger partial charge in [0, 0.05) is 0 Å². The second kappa shape index (κ2) is 11.9. The van der Waals surface area contributed by atoms with Gasteiger partial charge in [-0.05, 0) is 44.4 Å². The third kappa shape index (κ3) is 16.5. The predicted octanol–water partition coefficient (Wildman–Crippen LogP) is 0.394. The van der Waals surface area contributed by atoms with Crippen LogP contribution < -0.4 is 22.9 Å². The van der Waals surface area contributed by atoms with Gasteiger partial charge < -0.3 is 22.9 Å². The van der Waals surface area contributed by atoms with Crippen molar-refractivity contribution < 1.29 is 0 Å². The molecule has 0 aliphatic carbocycles. The van der Waals surface area contributed by atoms with Crippen LogP contribution in [0, 0.1) is 5.41 Å². The second-order valence-corrected chi connectivity index (χ2v) is 4.56. The molecule has 8 N–H and O–H groups in total.